The number of esters is 4. The lowest BCUT2D eigenvalue weighted by molar-refractivity contribution is -0.230. The molecule has 0 aromatic carbocycles. The number of amides is 1. The number of ether oxygens (including phenoxy) is 5. The Hall–Kier alpha value is -2.69. The number of carbonyl (C=O) groups is 5. The van der Waals surface area contributed by atoms with Crippen molar-refractivity contribution < 1.29 is 47.7 Å². The number of hydrogen-bond acceptors (Lipinski definition) is 10. The zero-order valence-corrected chi connectivity index (χ0v) is 18.9. The second kappa shape index (κ2) is 11.1. The molecule has 0 radical (unpaired) electrons. The van der Waals surface area contributed by atoms with Crippen LogP contribution in [0.2, 0.25) is 0 Å². The van der Waals surface area contributed by atoms with Crippen molar-refractivity contribution in [3.05, 3.63) is 0 Å². The second-order valence-corrected chi connectivity index (χ2v) is 7.94. The normalized spacial score (nSPS) is 24.2. The van der Waals surface area contributed by atoms with Crippen molar-refractivity contribution in [1.29, 1.82) is 0 Å². The maximum atomic E-state index is 11.9. The van der Waals surface area contributed by atoms with Gasteiger partial charge in [0.1, 0.15) is 18.8 Å². The number of hydrogen-bond donors (Lipinski definition) is 1. The van der Waals surface area contributed by atoms with Crippen LogP contribution in [0.1, 0.15) is 54.9 Å². The largest absolute Gasteiger partial charge is 0.462 e. The molecule has 1 N–H and O–H groups in total. The van der Waals surface area contributed by atoms with Crippen LogP contribution in [0, 0.1) is 0 Å². The fourth-order valence-electron chi connectivity index (χ4n) is 3.48. The van der Waals surface area contributed by atoms with Gasteiger partial charge >= 0.3 is 23.9 Å². The van der Waals surface area contributed by atoms with Crippen molar-refractivity contribution in [3.8, 4) is 0 Å². The summed E-state index contributed by atoms with van der Waals surface area (Å²) in [7, 11) is 0. The summed E-state index contributed by atoms with van der Waals surface area (Å²) in [5.41, 5.74) is -0.861. The first kappa shape index (κ1) is 26.3. The highest BCUT2D eigenvalue weighted by Gasteiger charge is 2.51. The van der Waals surface area contributed by atoms with E-state index in [4.69, 9.17) is 23.7 Å². The Morgan fingerprint density at radius 2 is 1.52 bits per heavy atom. The van der Waals surface area contributed by atoms with Crippen LogP contribution in [0.5, 0.6) is 0 Å². The Kier molecular flexibility index (Phi) is 9.41. The number of nitrogens with one attached hydrogen (secondary N) is 1. The topological polar surface area (TPSA) is 144 Å². The van der Waals surface area contributed by atoms with Crippen LogP contribution >= 0.6 is 0 Å². The third-order valence-corrected chi connectivity index (χ3v) is 4.35. The molecule has 0 aromatic rings. The molecule has 1 fully saturated rings. The van der Waals surface area contributed by atoms with E-state index in [-0.39, 0.29) is 6.42 Å². The van der Waals surface area contributed by atoms with E-state index in [1.54, 1.807) is 13.8 Å². The molecular formula is C20H31NO10. The fraction of sp³-hybridized carbons (Fsp3) is 0.750. The summed E-state index contributed by atoms with van der Waals surface area (Å²) in [5.74, 6) is -3.09. The van der Waals surface area contributed by atoms with E-state index >= 15 is 0 Å². The quantitative estimate of drug-likeness (QED) is 0.412. The first-order chi connectivity index (χ1) is 14.2. The molecule has 176 valence electrons. The van der Waals surface area contributed by atoms with Crippen molar-refractivity contribution in [2.24, 2.45) is 0 Å². The lowest BCUT2D eigenvalue weighted by atomic mass is 9.85. The molecule has 1 saturated heterocycles. The van der Waals surface area contributed by atoms with Gasteiger partial charge in [0.15, 0.2) is 12.2 Å². The Bertz CT molecular complexity index is 704. The van der Waals surface area contributed by atoms with Gasteiger partial charge < -0.3 is 29.0 Å². The first-order valence-corrected chi connectivity index (χ1v) is 9.81. The van der Waals surface area contributed by atoms with Gasteiger partial charge in [0, 0.05) is 41.0 Å². The maximum Gasteiger partial charge on any atom is 0.303 e. The van der Waals surface area contributed by atoms with Gasteiger partial charge in [0.2, 0.25) is 5.91 Å². The van der Waals surface area contributed by atoms with E-state index in [0.717, 1.165) is 13.8 Å². The molecule has 1 rings (SSSR count). The molecule has 11 nitrogen and oxygen atoms in total. The predicted octanol–water partition coefficient (Wildman–Crippen LogP) is 0.417. The van der Waals surface area contributed by atoms with Crippen LogP contribution in [-0.2, 0) is 47.7 Å². The molecule has 1 aliphatic heterocycles. The molecule has 11 heteroatoms. The predicted molar refractivity (Wildman–Crippen MR) is 104 cm³/mol. The zero-order valence-electron chi connectivity index (χ0n) is 18.9. The maximum absolute atomic E-state index is 11.9. The van der Waals surface area contributed by atoms with Crippen LogP contribution < -0.4 is 5.32 Å². The van der Waals surface area contributed by atoms with Crippen molar-refractivity contribution >= 4 is 29.8 Å². The monoisotopic (exact) mass is 445 g/mol. The van der Waals surface area contributed by atoms with Gasteiger partial charge in [-0.05, 0) is 13.8 Å². The van der Waals surface area contributed by atoms with E-state index in [1.807, 2.05) is 0 Å². The van der Waals surface area contributed by atoms with Crippen LogP contribution in [0.4, 0.5) is 0 Å². The Labute approximate surface area is 181 Å². The summed E-state index contributed by atoms with van der Waals surface area (Å²) >= 11 is 0. The van der Waals surface area contributed by atoms with Crippen LogP contribution in [0.25, 0.3) is 0 Å². The van der Waals surface area contributed by atoms with Crippen molar-refractivity contribution in [1.82, 2.24) is 5.32 Å². The molecule has 2 unspecified atom stereocenters. The minimum atomic E-state index is -1.28. The summed E-state index contributed by atoms with van der Waals surface area (Å²) in [4.78, 5) is 58.5. The van der Waals surface area contributed by atoms with Crippen LogP contribution in [0.15, 0.2) is 0 Å². The average molecular weight is 445 g/mol. The lowest BCUT2D eigenvalue weighted by Gasteiger charge is -2.48. The van der Waals surface area contributed by atoms with Crippen LogP contribution in [0.3, 0.4) is 0 Å². The summed E-state index contributed by atoms with van der Waals surface area (Å²) in [6.45, 7) is 9.01. The molecular weight excluding hydrogens is 414 g/mol. The van der Waals surface area contributed by atoms with Gasteiger partial charge in [-0.2, -0.15) is 0 Å². The van der Waals surface area contributed by atoms with E-state index in [1.165, 1.54) is 20.8 Å². The Balaban J connectivity index is 3.46. The fourth-order valence-corrected chi connectivity index (χ4v) is 3.48. The number of rotatable bonds is 8. The number of carbonyl (C=O) groups excluding carboxylic acids is 5. The van der Waals surface area contributed by atoms with Gasteiger partial charge in [-0.15, -0.1) is 0 Å². The van der Waals surface area contributed by atoms with E-state index in [9.17, 15) is 24.0 Å². The highest BCUT2D eigenvalue weighted by Crippen LogP contribution is 2.34. The standard InChI is InChI=1S/C20H31NO10/c1-10(22)21-17-15(28-12(3)24)8-20(6,7)31-19(17)18(30-14(5)26)16(29-13(4)25)9-27-11(2)23/h15-19H,8-9H2,1-7H3,(H,21,22)/t15-,16-,17?,18-,19?/m1/s1. The molecule has 0 bridgehead atoms. The van der Waals surface area contributed by atoms with Gasteiger partial charge in [-0.25, -0.2) is 0 Å². The third kappa shape index (κ3) is 8.91. The van der Waals surface area contributed by atoms with Crippen LogP contribution in [-0.4, -0.2) is 72.5 Å². The highest BCUT2D eigenvalue weighted by atomic mass is 16.6. The molecule has 1 heterocycles. The first-order valence-electron chi connectivity index (χ1n) is 9.81. The van der Waals surface area contributed by atoms with E-state index in [0.29, 0.717) is 0 Å². The molecule has 0 spiro atoms. The SMILES string of the molecule is CC(=O)NC1C([C@H](OC(C)=O)[C@@H](COC(C)=O)OC(C)=O)OC(C)(C)C[C@H]1OC(C)=O. The average Bonchev–Trinajstić information content (AvgIpc) is 2.57. The van der Waals surface area contributed by atoms with E-state index in [2.05, 4.69) is 5.32 Å². The lowest BCUT2D eigenvalue weighted by Crippen LogP contribution is -2.66. The van der Waals surface area contributed by atoms with Gasteiger partial charge in [0.05, 0.1) is 11.6 Å². The minimum absolute atomic E-state index is 0.239. The molecule has 31 heavy (non-hydrogen) atoms. The van der Waals surface area contributed by atoms with Crippen molar-refractivity contribution in [2.45, 2.75) is 90.9 Å². The Morgan fingerprint density at radius 1 is 0.935 bits per heavy atom. The molecule has 5 atom stereocenters. The molecule has 0 aliphatic carbocycles. The summed E-state index contributed by atoms with van der Waals surface area (Å²) in [6.07, 6.45) is -4.20. The Morgan fingerprint density at radius 3 is 1.97 bits per heavy atom. The van der Waals surface area contributed by atoms with E-state index < -0.39 is 72.5 Å². The molecule has 1 amide bonds. The molecule has 0 saturated carbocycles. The van der Waals surface area contributed by atoms with Gasteiger partial charge in [0.25, 0.3) is 0 Å². The zero-order chi connectivity index (χ0) is 23.9. The third-order valence-electron chi connectivity index (χ3n) is 4.35. The summed E-state index contributed by atoms with van der Waals surface area (Å²) in [6, 6.07) is -0.936. The van der Waals surface area contributed by atoms with Crippen molar-refractivity contribution in [2.75, 3.05) is 6.61 Å². The van der Waals surface area contributed by atoms with Crippen molar-refractivity contribution in [3.63, 3.8) is 0 Å². The van der Waals surface area contributed by atoms with Gasteiger partial charge in [-0.1, -0.05) is 0 Å². The molecule has 1 aliphatic rings. The second-order valence-electron chi connectivity index (χ2n) is 7.94. The smallest absolute Gasteiger partial charge is 0.303 e. The van der Waals surface area contributed by atoms with Gasteiger partial charge in [-0.3, -0.25) is 24.0 Å². The molecule has 0 aromatic heterocycles. The highest BCUT2D eigenvalue weighted by molar-refractivity contribution is 5.73. The minimum Gasteiger partial charge on any atom is -0.462 e. The summed E-state index contributed by atoms with van der Waals surface area (Å²) in [5, 5.41) is 2.67. The summed E-state index contributed by atoms with van der Waals surface area (Å²) < 4.78 is 27.2.